The van der Waals surface area contributed by atoms with Gasteiger partial charge in [-0.25, -0.2) is 0 Å². The van der Waals surface area contributed by atoms with Crippen LogP contribution in [0.3, 0.4) is 0 Å². The summed E-state index contributed by atoms with van der Waals surface area (Å²) in [6, 6.07) is 5.63. The van der Waals surface area contributed by atoms with Crippen LogP contribution in [0.25, 0.3) is 0 Å². The third-order valence-corrected chi connectivity index (χ3v) is 4.38. The van der Waals surface area contributed by atoms with Crippen LogP contribution in [0, 0.1) is 0 Å². The first-order valence-corrected chi connectivity index (χ1v) is 6.86. The fraction of sp³-hybridized carbons (Fsp3) is 0.533. The van der Waals surface area contributed by atoms with Crippen molar-refractivity contribution in [3.63, 3.8) is 0 Å². The fourth-order valence-electron chi connectivity index (χ4n) is 3.08. The largest absolute Gasteiger partial charge is 0.416 e. The molecule has 2 aliphatic rings. The van der Waals surface area contributed by atoms with Crippen molar-refractivity contribution >= 4 is 5.78 Å². The van der Waals surface area contributed by atoms with Gasteiger partial charge in [0.15, 0.2) is 0 Å². The van der Waals surface area contributed by atoms with Crippen molar-refractivity contribution in [3.8, 4) is 0 Å². The number of hydrogen-bond donors (Lipinski definition) is 0. The Labute approximate surface area is 115 Å². The van der Waals surface area contributed by atoms with Crippen LogP contribution in [-0.4, -0.2) is 23.8 Å². The third kappa shape index (κ3) is 2.35. The van der Waals surface area contributed by atoms with Crippen LogP contribution in [0.4, 0.5) is 13.2 Å². The molecule has 0 aromatic heterocycles. The lowest BCUT2D eigenvalue weighted by Crippen LogP contribution is -2.41. The molecule has 0 radical (unpaired) electrons. The second kappa shape index (κ2) is 4.58. The highest BCUT2D eigenvalue weighted by Crippen LogP contribution is 2.52. The number of carbonyl (C=O) groups excluding carboxylic acids is 1. The van der Waals surface area contributed by atoms with Crippen molar-refractivity contribution in [1.29, 1.82) is 0 Å². The minimum Gasteiger partial charge on any atom is -0.300 e. The molecule has 0 amide bonds. The van der Waals surface area contributed by atoms with Crippen molar-refractivity contribution in [2.24, 2.45) is 0 Å². The lowest BCUT2D eigenvalue weighted by molar-refractivity contribution is -0.137. The maximum atomic E-state index is 12.8. The number of Topliss-reactive ketones (excluding diaryl/α,β-unsaturated/α-hetero) is 1. The van der Waals surface area contributed by atoms with Crippen LogP contribution in [0.1, 0.15) is 36.8 Å². The summed E-state index contributed by atoms with van der Waals surface area (Å²) in [5.74, 6) is 0.251. The first kappa shape index (κ1) is 13.6. The molecule has 0 bridgehead atoms. The SMILES string of the molecule is O=C1CCN(C2(c3cccc(C(F)(F)F)c3)CC2)CC1. The van der Waals surface area contributed by atoms with Crippen molar-refractivity contribution in [3.05, 3.63) is 35.4 Å². The Hall–Kier alpha value is -1.36. The number of halogens is 3. The summed E-state index contributed by atoms with van der Waals surface area (Å²) < 4.78 is 38.4. The van der Waals surface area contributed by atoms with Gasteiger partial charge < -0.3 is 0 Å². The van der Waals surface area contributed by atoms with Gasteiger partial charge in [0.1, 0.15) is 5.78 Å². The van der Waals surface area contributed by atoms with Gasteiger partial charge in [0.05, 0.1) is 5.56 Å². The third-order valence-electron chi connectivity index (χ3n) is 4.38. The van der Waals surface area contributed by atoms with Gasteiger partial charge in [0, 0.05) is 31.5 Å². The average molecular weight is 283 g/mol. The molecule has 0 unspecified atom stereocenters. The maximum Gasteiger partial charge on any atom is 0.416 e. The van der Waals surface area contributed by atoms with E-state index in [-0.39, 0.29) is 11.3 Å². The van der Waals surface area contributed by atoms with Gasteiger partial charge >= 0.3 is 6.18 Å². The van der Waals surface area contributed by atoms with E-state index in [1.165, 1.54) is 12.1 Å². The fourth-order valence-corrected chi connectivity index (χ4v) is 3.08. The van der Waals surface area contributed by atoms with E-state index >= 15 is 0 Å². The Morgan fingerprint density at radius 2 is 1.75 bits per heavy atom. The second-order valence-electron chi connectivity index (χ2n) is 5.64. The molecule has 3 rings (SSSR count). The Morgan fingerprint density at radius 3 is 2.30 bits per heavy atom. The first-order chi connectivity index (χ1) is 9.42. The Bertz CT molecular complexity index is 524. The smallest absolute Gasteiger partial charge is 0.300 e. The molecule has 1 saturated heterocycles. The van der Waals surface area contributed by atoms with E-state index in [0.717, 1.165) is 24.5 Å². The number of alkyl halides is 3. The number of nitrogens with zero attached hydrogens (tertiary/aromatic N) is 1. The van der Waals surface area contributed by atoms with Gasteiger partial charge in [-0.15, -0.1) is 0 Å². The summed E-state index contributed by atoms with van der Waals surface area (Å²) in [5, 5.41) is 0. The average Bonchev–Trinajstić information content (AvgIpc) is 3.20. The molecule has 1 heterocycles. The highest BCUT2D eigenvalue weighted by molar-refractivity contribution is 5.79. The van der Waals surface area contributed by atoms with Crippen LogP contribution in [0.15, 0.2) is 24.3 Å². The van der Waals surface area contributed by atoms with E-state index in [9.17, 15) is 18.0 Å². The standard InChI is InChI=1S/C15H16F3NO/c16-15(17,18)12-3-1-2-11(10-12)14(6-7-14)19-8-4-13(20)5-9-19/h1-3,10H,4-9H2. The number of ketones is 1. The normalized spacial score (nSPS) is 22.9. The molecule has 1 aromatic carbocycles. The van der Waals surface area contributed by atoms with Gasteiger partial charge in [-0.2, -0.15) is 13.2 Å². The summed E-state index contributed by atoms with van der Waals surface area (Å²) in [7, 11) is 0. The van der Waals surface area contributed by atoms with Crippen molar-refractivity contribution in [2.45, 2.75) is 37.4 Å². The molecule has 2 fully saturated rings. The van der Waals surface area contributed by atoms with Crippen LogP contribution < -0.4 is 0 Å². The van der Waals surface area contributed by atoms with Gasteiger partial charge in [0.2, 0.25) is 0 Å². The summed E-state index contributed by atoms with van der Waals surface area (Å²) in [6.07, 6.45) is -1.52. The van der Waals surface area contributed by atoms with E-state index in [4.69, 9.17) is 0 Å². The molecule has 0 N–H and O–H groups in total. The van der Waals surface area contributed by atoms with Gasteiger partial charge in [-0.05, 0) is 30.5 Å². The zero-order valence-electron chi connectivity index (χ0n) is 11.0. The maximum absolute atomic E-state index is 12.8. The predicted molar refractivity (Wildman–Crippen MR) is 68.2 cm³/mol. The van der Waals surface area contributed by atoms with E-state index in [1.54, 1.807) is 6.07 Å². The molecule has 1 saturated carbocycles. The Balaban J connectivity index is 1.87. The first-order valence-electron chi connectivity index (χ1n) is 6.86. The molecule has 108 valence electrons. The van der Waals surface area contributed by atoms with E-state index < -0.39 is 11.7 Å². The predicted octanol–water partition coefficient (Wildman–Crippen LogP) is 3.36. The lowest BCUT2D eigenvalue weighted by atomic mass is 9.97. The second-order valence-corrected chi connectivity index (χ2v) is 5.64. The quantitative estimate of drug-likeness (QED) is 0.829. The number of rotatable bonds is 2. The molecule has 5 heteroatoms. The highest BCUT2D eigenvalue weighted by Gasteiger charge is 2.50. The van der Waals surface area contributed by atoms with Crippen LogP contribution in [-0.2, 0) is 16.5 Å². The minimum absolute atomic E-state index is 0.251. The molecule has 2 nitrogen and oxygen atoms in total. The summed E-state index contributed by atoms with van der Waals surface area (Å²) >= 11 is 0. The summed E-state index contributed by atoms with van der Waals surface area (Å²) in [4.78, 5) is 13.5. The number of piperidine rings is 1. The minimum atomic E-state index is -4.30. The number of carbonyl (C=O) groups is 1. The van der Waals surface area contributed by atoms with Crippen LogP contribution >= 0.6 is 0 Å². The van der Waals surface area contributed by atoms with E-state index in [2.05, 4.69) is 4.90 Å². The van der Waals surface area contributed by atoms with Crippen LogP contribution in [0.2, 0.25) is 0 Å². The van der Waals surface area contributed by atoms with Crippen molar-refractivity contribution < 1.29 is 18.0 Å². The number of benzene rings is 1. The molecule has 20 heavy (non-hydrogen) atoms. The molecular weight excluding hydrogens is 267 g/mol. The molecule has 0 atom stereocenters. The topological polar surface area (TPSA) is 20.3 Å². The molecular formula is C15H16F3NO. The molecule has 0 spiro atoms. The van der Waals surface area contributed by atoms with Crippen LogP contribution in [0.5, 0.6) is 0 Å². The summed E-state index contributed by atoms with van der Waals surface area (Å²) in [5.41, 5.74) is -0.113. The van der Waals surface area contributed by atoms with Gasteiger partial charge in [-0.3, -0.25) is 9.69 Å². The monoisotopic (exact) mass is 283 g/mol. The van der Waals surface area contributed by atoms with Crippen molar-refractivity contribution in [1.82, 2.24) is 4.90 Å². The molecule has 1 aliphatic carbocycles. The highest BCUT2D eigenvalue weighted by atomic mass is 19.4. The summed E-state index contributed by atoms with van der Waals surface area (Å²) in [6.45, 7) is 1.32. The lowest BCUT2D eigenvalue weighted by Gasteiger charge is -2.35. The van der Waals surface area contributed by atoms with E-state index in [0.29, 0.717) is 25.9 Å². The van der Waals surface area contributed by atoms with Gasteiger partial charge in [0.25, 0.3) is 0 Å². The zero-order chi connectivity index (χ0) is 14.4. The number of hydrogen-bond acceptors (Lipinski definition) is 2. The van der Waals surface area contributed by atoms with Gasteiger partial charge in [-0.1, -0.05) is 12.1 Å². The van der Waals surface area contributed by atoms with Crippen molar-refractivity contribution in [2.75, 3.05) is 13.1 Å². The molecule has 1 aliphatic heterocycles. The Kier molecular flexibility index (Phi) is 3.12. The number of likely N-dealkylation sites (tertiary alicyclic amines) is 1. The molecule has 1 aromatic rings. The Morgan fingerprint density at radius 1 is 1.10 bits per heavy atom. The zero-order valence-corrected chi connectivity index (χ0v) is 11.0. The van der Waals surface area contributed by atoms with E-state index in [1.807, 2.05) is 0 Å².